The zero-order chi connectivity index (χ0) is 22.1. The maximum Gasteiger partial charge on any atom is 0.433 e. The van der Waals surface area contributed by atoms with E-state index in [-0.39, 0.29) is 4.72 Å². The molecule has 1 aliphatic rings. The fourth-order valence-electron chi connectivity index (χ4n) is 2.22. The largest absolute Gasteiger partial charge is 0.433 e. The van der Waals surface area contributed by atoms with Crippen LogP contribution in [0.3, 0.4) is 0 Å². The number of nitrogens with one attached hydrogen (secondary N) is 1. The first-order valence-corrected chi connectivity index (χ1v) is 7.60. The van der Waals surface area contributed by atoms with E-state index in [2.05, 4.69) is 0 Å². The lowest BCUT2D eigenvalue weighted by Crippen LogP contribution is -2.90. The Kier molecular flexibility index (Phi) is 5.10. The lowest BCUT2D eigenvalue weighted by molar-refractivity contribution is -0.481. The van der Waals surface area contributed by atoms with Gasteiger partial charge in [0, 0.05) is 6.54 Å². The number of alkyl halides is 13. The van der Waals surface area contributed by atoms with Gasteiger partial charge in [-0.15, -0.1) is 0 Å². The number of sulfonamides is 1. The molecule has 1 saturated carbocycles. The second-order valence-electron chi connectivity index (χ2n) is 5.17. The average molecular weight is 455 g/mol. The van der Waals surface area contributed by atoms with E-state index in [9.17, 15) is 65.5 Å². The minimum Gasteiger partial charge on any atom is -0.395 e. The topological polar surface area (TPSA) is 66.4 Å². The molecule has 0 aliphatic heterocycles. The summed E-state index contributed by atoms with van der Waals surface area (Å²) in [5, 5.41) is 0.580. The summed E-state index contributed by atoms with van der Waals surface area (Å²) in [5.41, 5.74) is -8.04. The van der Waals surface area contributed by atoms with E-state index >= 15 is 0 Å². The molecule has 0 aromatic carbocycles. The van der Waals surface area contributed by atoms with Gasteiger partial charge in [-0.05, 0) is 0 Å². The van der Waals surface area contributed by atoms with E-state index in [0.29, 0.717) is 0 Å². The van der Waals surface area contributed by atoms with Gasteiger partial charge in [-0.1, -0.05) is 0 Å². The molecular formula is C9H6F13NO3S. The number of aliphatic hydroxyl groups excluding tert-OH is 1. The molecule has 0 spiro atoms. The molecule has 1 rings (SSSR count). The van der Waals surface area contributed by atoms with E-state index in [1.165, 1.54) is 0 Å². The molecule has 2 N–H and O–H groups in total. The molecule has 0 heterocycles. The van der Waals surface area contributed by atoms with Gasteiger partial charge in [0.05, 0.1) is 6.61 Å². The molecule has 4 nitrogen and oxygen atoms in total. The van der Waals surface area contributed by atoms with Gasteiger partial charge in [-0.3, -0.25) is 0 Å². The minimum absolute atomic E-state index is 0.220. The van der Waals surface area contributed by atoms with Gasteiger partial charge in [-0.2, -0.15) is 48.3 Å². The fraction of sp³-hybridized carbons (Fsp3) is 1.00. The van der Waals surface area contributed by atoms with E-state index in [0.717, 1.165) is 0 Å². The molecule has 1 fully saturated rings. The highest BCUT2D eigenvalue weighted by Crippen LogP contribution is 2.73. The monoisotopic (exact) mass is 455 g/mol. The summed E-state index contributed by atoms with van der Waals surface area (Å²) in [7, 11) is -7.55. The van der Waals surface area contributed by atoms with Gasteiger partial charge in [0.15, 0.2) is 0 Å². The maximum absolute atomic E-state index is 14.5. The third-order valence-electron chi connectivity index (χ3n) is 3.63. The average Bonchev–Trinajstić information content (AvgIpc) is 2.47. The van der Waals surface area contributed by atoms with Crippen molar-refractivity contribution in [3.8, 4) is 0 Å². The van der Waals surface area contributed by atoms with Crippen LogP contribution in [0.25, 0.3) is 0 Å². The van der Waals surface area contributed by atoms with Gasteiger partial charge < -0.3 is 5.11 Å². The zero-order valence-corrected chi connectivity index (χ0v) is 12.8. The fourth-order valence-corrected chi connectivity index (χ4v) is 3.86. The van der Waals surface area contributed by atoms with E-state index in [1.54, 1.807) is 0 Å². The molecule has 1 aliphatic carbocycles. The van der Waals surface area contributed by atoms with Crippen LogP contribution in [0.4, 0.5) is 57.1 Å². The SMILES string of the molecule is O=S(=O)(NCCO)C1(F)C(F)(F)C(F)(F)C(F)(F)C(F)(F)C1(F)C(F)(F)F. The Morgan fingerprint density at radius 1 is 0.741 bits per heavy atom. The molecule has 162 valence electrons. The zero-order valence-electron chi connectivity index (χ0n) is 12.0. The smallest absolute Gasteiger partial charge is 0.395 e. The van der Waals surface area contributed by atoms with Crippen molar-refractivity contribution < 1.29 is 70.6 Å². The molecule has 2 atom stereocenters. The molecular weight excluding hydrogens is 449 g/mol. The van der Waals surface area contributed by atoms with Crippen molar-refractivity contribution in [3.63, 3.8) is 0 Å². The number of hydrogen-bond acceptors (Lipinski definition) is 3. The third kappa shape index (κ3) is 2.28. The second-order valence-corrected chi connectivity index (χ2v) is 7.03. The van der Waals surface area contributed by atoms with Crippen LogP contribution in [0.15, 0.2) is 0 Å². The first-order chi connectivity index (χ1) is 11.6. The summed E-state index contributed by atoms with van der Waals surface area (Å²) >= 11 is 0. The highest BCUT2D eigenvalue weighted by molar-refractivity contribution is 7.90. The first-order valence-electron chi connectivity index (χ1n) is 6.12. The van der Waals surface area contributed by atoms with Crippen LogP contribution in [-0.2, 0) is 10.0 Å². The van der Waals surface area contributed by atoms with Gasteiger partial charge >= 0.3 is 40.5 Å². The van der Waals surface area contributed by atoms with Gasteiger partial charge in [0.1, 0.15) is 0 Å². The molecule has 0 saturated heterocycles. The highest BCUT2D eigenvalue weighted by Gasteiger charge is 3.07. The van der Waals surface area contributed by atoms with Crippen molar-refractivity contribution in [1.82, 2.24) is 4.72 Å². The maximum atomic E-state index is 14.5. The lowest BCUT2D eigenvalue weighted by Gasteiger charge is -2.54. The molecule has 0 radical (unpaired) electrons. The Morgan fingerprint density at radius 3 is 1.44 bits per heavy atom. The van der Waals surface area contributed by atoms with Gasteiger partial charge in [0.25, 0.3) is 10.0 Å². The van der Waals surface area contributed by atoms with E-state index in [1.807, 2.05) is 0 Å². The Hall–Kier alpha value is -1.04. The van der Waals surface area contributed by atoms with E-state index < -0.39 is 63.7 Å². The number of halogens is 13. The first kappa shape index (κ1) is 24.0. The predicted octanol–water partition coefficient (Wildman–Crippen LogP) is 2.39. The van der Waals surface area contributed by atoms with Gasteiger partial charge in [0.2, 0.25) is 0 Å². The van der Waals surface area contributed by atoms with Crippen molar-refractivity contribution in [3.05, 3.63) is 0 Å². The van der Waals surface area contributed by atoms with Crippen molar-refractivity contribution in [1.29, 1.82) is 0 Å². The van der Waals surface area contributed by atoms with Crippen LogP contribution in [0.5, 0.6) is 0 Å². The Labute approximate surface area is 140 Å². The van der Waals surface area contributed by atoms with Crippen LogP contribution in [0.1, 0.15) is 0 Å². The van der Waals surface area contributed by atoms with Crippen molar-refractivity contribution in [2.45, 2.75) is 40.5 Å². The van der Waals surface area contributed by atoms with Crippen LogP contribution < -0.4 is 4.72 Å². The standard InChI is InChI=1S/C9H6F13NO3S/c10-3(9(20,21)22)4(11,12)5(13,14)6(15,16)7(17,18)8(3,19)27(25,26)23-1-2-24/h23-24H,1-2H2. The summed E-state index contributed by atoms with van der Waals surface area (Å²) < 4.78 is 197. The molecule has 0 aromatic heterocycles. The number of aliphatic hydroxyl groups is 1. The minimum atomic E-state index is -8.04. The normalized spacial score (nSPS) is 35.0. The van der Waals surface area contributed by atoms with Crippen molar-refractivity contribution in [2.24, 2.45) is 0 Å². The molecule has 0 bridgehead atoms. The van der Waals surface area contributed by atoms with Crippen LogP contribution >= 0.6 is 0 Å². The molecule has 0 amide bonds. The van der Waals surface area contributed by atoms with Crippen LogP contribution in [0.2, 0.25) is 0 Å². The Morgan fingerprint density at radius 2 is 1.11 bits per heavy atom. The quantitative estimate of drug-likeness (QED) is 0.641. The van der Waals surface area contributed by atoms with Gasteiger partial charge in [-0.25, -0.2) is 21.9 Å². The summed E-state index contributed by atoms with van der Waals surface area (Å²) in [6.45, 7) is -3.29. The predicted molar refractivity (Wildman–Crippen MR) is 57.5 cm³/mol. The molecule has 27 heavy (non-hydrogen) atoms. The summed E-state index contributed by atoms with van der Waals surface area (Å²) in [5.74, 6) is -31.6. The summed E-state index contributed by atoms with van der Waals surface area (Å²) in [4.78, 5) is 0. The van der Waals surface area contributed by atoms with Crippen LogP contribution in [-0.4, -0.2) is 67.2 Å². The number of rotatable bonds is 4. The van der Waals surface area contributed by atoms with Crippen molar-refractivity contribution in [2.75, 3.05) is 13.2 Å². The Bertz CT molecular complexity index is 704. The highest BCUT2D eigenvalue weighted by atomic mass is 32.2. The lowest BCUT2D eigenvalue weighted by atomic mass is 9.73. The molecule has 0 aromatic rings. The second kappa shape index (κ2) is 5.74. The van der Waals surface area contributed by atoms with Crippen molar-refractivity contribution >= 4 is 10.0 Å². The van der Waals surface area contributed by atoms with Crippen LogP contribution in [0, 0.1) is 0 Å². The number of hydrogen-bond donors (Lipinski definition) is 2. The van der Waals surface area contributed by atoms with E-state index in [4.69, 9.17) is 5.11 Å². The molecule has 2 unspecified atom stereocenters. The third-order valence-corrected chi connectivity index (χ3v) is 5.49. The molecule has 18 heteroatoms. The summed E-state index contributed by atoms with van der Waals surface area (Å²) in [6.07, 6.45) is -7.86. The Balaban J connectivity index is 4.18. The summed E-state index contributed by atoms with van der Waals surface area (Å²) in [6, 6.07) is 0.